The summed E-state index contributed by atoms with van der Waals surface area (Å²) in [6, 6.07) is 2.09. The third-order valence-corrected chi connectivity index (χ3v) is 7.14. The molecule has 0 aliphatic heterocycles. The Morgan fingerprint density at radius 3 is 2.12 bits per heavy atom. The minimum absolute atomic E-state index is 0.000241. The van der Waals surface area contributed by atoms with Crippen LogP contribution in [0.3, 0.4) is 0 Å². The number of nitrogens with zero attached hydrogens (tertiary/aromatic N) is 2. The minimum atomic E-state index is -4.64. The van der Waals surface area contributed by atoms with Crippen molar-refractivity contribution in [3.05, 3.63) is 44.1 Å². The molecule has 0 amide bonds. The molecule has 0 spiro atoms. The van der Waals surface area contributed by atoms with Crippen LogP contribution in [0.5, 0.6) is 0 Å². The zero-order valence-corrected chi connectivity index (χ0v) is 17.1. The predicted molar refractivity (Wildman–Crippen MR) is 96.7 cm³/mol. The van der Waals surface area contributed by atoms with E-state index in [1.807, 2.05) is 6.07 Å². The number of benzene rings is 1. The Balaban J connectivity index is 2.75. The van der Waals surface area contributed by atoms with Gasteiger partial charge in [0.25, 0.3) is 0 Å². The van der Waals surface area contributed by atoms with Crippen LogP contribution in [0.1, 0.15) is 11.1 Å². The van der Waals surface area contributed by atoms with Crippen LogP contribution < -0.4 is 0 Å². The Kier molecular flexibility index (Phi) is 6.19. The molecule has 0 unspecified atom stereocenters. The van der Waals surface area contributed by atoms with Crippen molar-refractivity contribution in [1.29, 1.82) is 5.26 Å². The molecule has 1 aromatic carbocycles. The molecular formula is C13H5BrCl4F4N2S. The van der Waals surface area contributed by atoms with E-state index in [4.69, 9.17) is 44.6 Å². The van der Waals surface area contributed by atoms with Crippen molar-refractivity contribution in [2.24, 2.45) is 0 Å². The first-order chi connectivity index (χ1) is 11.4. The zero-order chi connectivity index (χ0) is 19.2. The second-order valence-corrected chi connectivity index (χ2v) is 11.6. The third kappa shape index (κ3) is 4.02. The van der Waals surface area contributed by atoms with Crippen LogP contribution in [-0.4, -0.2) is 10.6 Å². The summed E-state index contributed by atoms with van der Waals surface area (Å²) in [7, 11) is 8.91. The van der Waals surface area contributed by atoms with E-state index in [2.05, 4.69) is 15.9 Å². The number of halogens is 9. The molecule has 0 saturated carbocycles. The highest BCUT2D eigenvalue weighted by atomic mass is 79.9. The maximum absolute atomic E-state index is 13.1. The van der Waals surface area contributed by atoms with Gasteiger partial charge in [0, 0.05) is 6.20 Å². The highest BCUT2D eigenvalue weighted by molar-refractivity contribution is 9.10. The molecule has 2 aromatic rings. The van der Waals surface area contributed by atoms with E-state index in [-0.39, 0.29) is 30.8 Å². The molecule has 0 aliphatic rings. The van der Waals surface area contributed by atoms with Gasteiger partial charge < -0.3 is 4.57 Å². The maximum Gasteiger partial charge on any atom is 0.416 e. The van der Waals surface area contributed by atoms with Gasteiger partial charge in [0.05, 0.1) is 31.8 Å². The smallest absolute Gasteiger partial charge is 0.306 e. The first-order valence-corrected chi connectivity index (χ1v) is 11.1. The first-order valence-electron chi connectivity index (χ1n) is 6.07. The summed E-state index contributed by atoms with van der Waals surface area (Å²) in [5.74, 6) is 0. The third-order valence-electron chi connectivity index (χ3n) is 3.07. The Morgan fingerprint density at radius 2 is 1.72 bits per heavy atom. The molecule has 136 valence electrons. The molecule has 0 bridgehead atoms. The summed E-state index contributed by atoms with van der Waals surface area (Å²) < 4.78 is 52.9. The average Bonchev–Trinajstić information content (AvgIpc) is 2.83. The average molecular weight is 519 g/mol. The Hall–Kier alpha value is -0.300. The SMILES string of the molecule is N#Cc1c(S(Cl)(Cl)CF)cn(-c2c(Cl)cc(C(F)(F)F)cc2Cl)c1Br. The van der Waals surface area contributed by atoms with Crippen LogP contribution in [0.4, 0.5) is 17.6 Å². The molecule has 25 heavy (non-hydrogen) atoms. The molecule has 2 rings (SSSR count). The van der Waals surface area contributed by atoms with Crippen LogP contribution >= 0.6 is 69.0 Å². The fourth-order valence-corrected chi connectivity index (χ4v) is 4.87. The molecule has 2 nitrogen and oxygen atoms in total. The van der Waals surface area contributed by atoms with E-state index in [9.17, 15) is 22.8 Å². The van der Waals surface area contributed by atoms with Crippen LogP contribution in [0.25, 0.3) is 5.69 Å². The molecule has 0 N–H and O–H groups in total. The highest BCUT2D eigenvalue weighted by Gasteiger charge is 2.34. The number of nitriles is 1. The van der Waals surface area contributed by atoms with Crippen molar-refractivity contribution in [3.8, 4) is 11.8 Å². The van der Waals surface area contributed by atoms with Gasteiger partial charge in [-0.25, -0.2) is 4.39 Å². The van der Waals surface area contributed by atoms with E-state index in [1.165, 1.54) is 10.8 Å². The normalized spacial score (nSPS) is 13.0. The molecule has 0 fully saturated rings. The van der Waals surface area contributed by atoms with Crippen molar-refractivity contribution < 1.29 is 17.6 Å². The van der Waals surface area contributed by atoms with Gasteiger partial charge in [0.2, 0.25) is 0 Å². The maximum atomic E-state index is 13.1. The lowest BCUT2D eigenvalue weighted by Gasteiger charge is -2.19. The number of hydrogen-bond acceptors (Lipinski definition) is 1. The minimum Gasteiger partial charge on any atom is -0.306 e. The Bertz CT molecular complexity index is 853. The number of aromatic nitrogens is 1. The van der Waals surface area contributed by atoms with Crippen molar-refractivity contribution >= 4 is 69.0 Å². The molecule has 1 heterocycles. The van der Waals surface area contributed by atoms with Crippen molar-refractivity contribution in [2.45, 2.75) is 11.1 Å². The second kappa shape index (κ2) is 7.37. The van der Waals surface area contributed by atoms with Gasteiger partial charge in [-0.1, -0.05) is 23.2 Å². The Labute approximate surface area is 168 Å². The fraction of sp³-hybridized carbons (Fsp3) is 0.154. The summed E-state index contributed by atoms with van der Waals surface area (Å²) in [6.07, 6.45) is -3.42. The van der Waals surface area contributed by atoms with Gasteiger partial charge >= 0.3 is 6.18 Å². The zero-order valence-electron chi connectivity index (χ0n) is 11.6. The van der Waals surface area contributed by atoms with Gasteiger partial charge in [-0.3, -0.25) is 0 Å². The van der Waals surface area contributed by atoms with Crippen molar-refractivity contribution in [2.75, 3.05) is 6.01 Å². The molecule has 0 saturated heterocycles. The summed E-state index contributed by atoms with van der Waals surface area (Å²) in [6.45, 7) is 0. The largest absolute Gasteiger partial charge is 0.416 e. The predicted octanol–water partition coefficient (Wildman–Crippen LogP) is 7.84. The molecule has 1 aromatic heterocycles. The van der Waals surface area contributed by atoms with E-state index < -0.39 is 26.2 Å². The molecule has 0 atom stereocenters. The van der Waals surface area contributed by atoms with Crippen LogP contribution in [0.15, 0.2) is 27.8 Å². The van der Waals surface area contributed by atoms with E-state index in [0.29, 0.717) is 12.1 Å². The number of hydrogen-bond donors (Lipinski definition) is 0. The summed E-state index contributed by atoms with van der Waals surface area (Å²) in [4.78, 5) is -0.000241. The lowest BCUT2D eigenvalue weighted by Crippen LogP contribution is -2.06. The highest BCUT2D eigenvalue weighted by Crippen LogP contribution is 2.67. The molecule has 0 radical (unpaired) electrons. The first kappa shape index (κ1) is 21.0. The lowest BCUT2D eigenvalue weighted by molar-refractivity contribution is -0.137. The summed E-state index contributed by atoms with van der Waals surface area (Å²) >= 11 is 15.0. The molecule has 0 aliphatic carbocycles. The molecule has 12 heteroatoms. The quantitative estimate of drug-likeness (QED) is 0.380. The van der Waals surface area contributed by atoms with E-state index in [0.717, 1.165) is 0 Å². The van der Waals surface area contributed by atoms with Gasteiger partial charge in [0.1, 0.15) is 16.7 Å². The topological polar surface area (TPSA) is 28.7 Å². The summed E-state index contributed by atoms with van der Waals surface area (Å²) in [5, 5.41) is 8.63. The van der Waals surface area contributed by atoms with Crippen LogP contribution in [0, 0.1) is 11.3 Å². The second-order valence-electron chi connectivity index (χ2n) is 4.61. The molecular weight excluding hydrogens is 514 g/mol. The monoisotopic (exact) mass is 516 g/mol. The van der Waals surface area contributed by atoms with Crippen LogP contribution in [0.2, 0.25) is 10.0 Å². The van der Waals surface area contributed by atoms with Crippen molar-refractivity contribution in [1.82, 2.24) is 4.57 Å². The van der Waals surface area contributed by atoms with Crippen molar-refractivity contribution in [3.63, 3.8) is 0 Å². The van der Waals surface area contributed by atoms with Crippen LogP contribution in [-0.2, 0) is 6.18 Å². The Morgan fingerprint density at radius 1 is 1.20 bits per heavy atom. The van der Waals surface area contributed by atoms with Gasteiger partial charge in [-0.05, 0) is 57.9 Å². The van der Waals surface area contributed by atoms with Gasteiger partial charge in [0.15, 0.2) is 0 Å². The summed E-state index contributed by atoms with van der Waals surface area (Å²) in [5.41, 5.74) is -1.13. The number of alkyl halides is 4. The van der Waals surface area contributed by atoms with E-state index in [1.54, 1.807) is 0 Å². The van der Waals surface area contributed by atoms with Gasteiger partial charge in [-0.15, -0.1) is 0 Å². The lowest BCUT2D eigenvalue weighted by atomic mass is 10.2. The van der Waals surface area contributed by atoms with Gasteiger partial charge in [-0.2, -0.15) is 18.4 Å². The fourth-order valence-electron chi connectivity index (χ4n) is 1.97. The standard InChI is InChI=1S/C13H5BrCl4F4N2S/c14-12-7(3-23)10(25(17,18)5-19)4-24(12)11-8(15)1-6(2-9(11)16)13(20,21)22/h1-2,4H,5H2. The number of rotatable bonds is 3. The van der Waals surface area contributed by atoms with E-state index >= 15 is 0 Å².